The molecule has 1 aliphatic rings. The fourth-order valence-electron chi connectivity index (χ4n) is 1.65. The Hall–Kier alpha value is 0.212. The van der Waals surface area contributed by atoms with Crippen molar-refractivity contribution in [2.24, 2.45) is 5.92 Å². The Morgan fingerprint density at radius 2 is 2.20 bits per heavy atom. The molecular formula is C9H17NO3PbS. The van der Waals surface area contributed by atoms with Crippen LogP contribution in [0.15, 0.2) is 0 Å². The van der Waals surface area contributed by atoms with E-state index in [1.165, 1.54) is 4.90 Å². The summed E-state index contributed by atoms with van der Waals surface area (Å²) < 4.78 is 0. The Morgan fingerprint density at radius 1 is 1.60 bits per heavy atom. The van der Waals surface area contributed by atoms with Crippen LogP contribution in [0.4, 0.5) is 0 Å². The number of nitrogens with zero attached hydrogens (tertiary/aromatic N) is 1. The van der Waals surface area contributed by atoms with E-state index < -0.39 is 12.0 Å². The topological polar surface area (TPSA) is 57.6 Å². The van der Waals surface area contributed by atoms with Crippen molar-refractivity contribution in [2.45, 2.75) is 25.8 Å². The normalized spacial score (nSPS) is 22.0. The average Bonchev–Trinajstić information content (AvgIpc) is 2.63. The van der Waals surface area contributed by atoms with Gasteiger partial charge in [0.15, 0.2) is 0 Å². The summed E-state index contributed by atoms with van der Waals surface area (Å²) in [5.41, 5.74) is 0. The molecule has 4 nitrogen and oxygen atoms in total. The van der Waals surface area contributed by atoms with Gasteiger partial charge in [0, 0.05) is 18.2 Å². The number of carbonyl (C=O) groups is 2. The van der Waals surface area contributed by atoms with Crippen molar-refractivity contribution in [1.82, 2.24) is 4.90 Å². The Morgan fingerprint density at radius 3 is 2.67 bits per heavy atom. The third-order valence-corrected chi connectivity index (χ3v) is 3.06. The first-order valence-electron chi connectivity index (χ1n) is 4.72. The monoisotopic (exact) mass is 427 g/mol. The van der Waals surface area contributed by atoms with Crippen molar-refractivity contribution in [3.63, 3.8) is 0 Å². The van der Waals surface area contributed by atoms with Crippen molar-refractivity contribution in [3.8, 4) is 0 Å². The number of aliphatic carboxylic acids is 1. The number of amides is 1. The van der Waals surface area contributed by atoms with E-state index >= 15 is 0 Å². The van der Waals surface area contributed by atoms with Gasteiger partial charge in [-0.25, -0.2) is 4.79 Å². The number of carboxylic acids is 1. The van der Waals surface area contributed by atoms with Crippen molar-refractivity contribution < 1.29 is 14.7 Å². The predicted octanol–water partition coefficient (Wildman–Crippen LogP) is -0.288. The van der Waals surface area contributed by atoms with Gasteiger partial charge in [-0.2, -0.15) is 12.6 Å². The maximum absolute atomic E-state index is 11.7. The number of rotatable bonds is 3. The van der Waals surface area contributed by atoms with Crippen LogP contribution in [0.2, 0.25) is 0 Å². The minimum atomic E-state index is -0.901. The standard InChI is InChI=1S/C9H15NO3S.Pb.2H/c1-6(5-14)8(11)10-4-2-3-7(10)9(12)13;;;/h6-7,14H,2-5H2,1H3,(H,12,13);;;/t6-,7+;;;/m1.../s1. The molecule has 1 saturated heterocycles. The predicted molar refractivity (Wildman–Crippen MR) is 63.9 cm³/mol. The van der Waals surface area contributed by atoms with E-state index in [2.05, 4.69) is 12.6 Å². The Bertz CT molecular complexity index is 250. The van der Waals surface area contributed by atoms with Gasteiger partial charge in [0.1, 0.15) is 6.04 Å². The number of hydrogen-bond donors (Lipinski definition) is 2. The fraction of sp³-hybridized carbons (Fsp3) is 0.778. The van der Waals surface area contributed by atoms with Gasteiger partial charge in [-0.15, -0.1) is 0 Å². The summed E-state index contributed by atoms with van der Waals surface area (Å²) in [6.07, 6.45) is 1.35. The molecule has 1 N–H and O–H groups in total. The number of thiol groups is 1. The minimum absolute atomic E-state index is 0. The molecule has 0 saturated carbocycles. The van der Waals surface area contributed by atoms with Gasteiger partial charge < -0.3 is 10.0 Å². The first kappa shape index (κ1) is 15.2. The van der Waals surface area contributed by atoms with Crippen LogP contribution in [0.3, 0.4) is 0 Å². The molecule has 6 heteroatoms. The molecular weight excluding hydrogens is 409 g/mol. The molecule has 0 aromatic heterocycles. The molecule has 2 atom stereocenters. The fourth-order valence-corrected chi connectivity index (χ4v) is 1.80. The third kappa shape index (κ3) is 3.62. The van der Waals surface area contributed by atoms with Crippen LogP contribution < -0.4 is 0 Å². The SMILES string of the molecule is C[C@H](CS)C(=O)N1CCC[C@H]1C(=O)O.[PbH2]. The Kier molecular flexibility index (Phi) is 6.82. The Balaban J connectivity index is 0.00000196. The molecule has 2 radical (unpaired) electrons. The maximum atomic E-state index is 11.7. The van der Waals surface area contributed by atoms with Crippen LogP contribution in [0.5, 0.6) is 0 Å². The number of carbonyl (C=O) groups excluding carboxylic acids is 1. The molecule has 1 fully saturated rings. The molecule has 0 unspecified atom stereocenters. The summed E-state index contributed by atoms with van der Waals surface area (Å²) in [5.74, 6) is -0.729. The molecule has 0 aliphatic carbocycles. The number of hydrogen-bond acceptors (Lipinski definition) is 3. The molecule has 1 aliphatic heterocycles. The molecule has 0 aromatic carbocycles. The second kappa shape index (κ2) is 6.72. The van der Waals surface area contributed by atoms with Gasteiger partial charge >= 0.3 is 33.3 Å². The second-order valence-corrected chi connectivity index (χ2v) is 3.98. The van der Waals surface area contributed by atoms with E-state index in [4.69, 9.17) is 5.11 Å². The van der Waals surface area contributed by atoms with Crippen LogP contribution in [0, 0.1) is 5.92 Å². The van der Waals surface area contributed by atoms with E-state index in [1.54, 1.807) is 6.92 Å². The van der Waals surface area contributed by atoms with Crippen LogP contribution in [0.25, 0.3) is 0 Å². The quantitative estimate of drug-likeness (QED) is 0.482. The van der Waals surface area contributed by atoms with Gasteiger partial charge in [-0.3, -0.25) is 4.79 Å². The summed E-state index contributed by atoms with van der Waals surface area (Å²) in [4.78, 5) is 24.0. The van der Waals surface area contributed by atoms with E-state index in [-0.39, 0.29) is 39.1 Å². The summed E-state index contributed by atoms with van der Waals surface area (Å²) in [5, 5.41) is 8.87. The zero-order chi connectivity index (χ0) is 10.7. The van der Waals surface area contributed by atoms with Gasteiger partial charge in [0.25, 0.3) is 0 Å². The molecule has 1 amide bonds. The van der Waals surface area contributed by atoms with Crippen molar-refractivity contribution in [1.29, 1.82) is 0 Å². The van der Waals surface area contributed by atoms with Crippen LogP contribution in [-0.4, -0.2) is 67.5 Å². The Labute approximate surface area is 115 Å². The van der Waals surface area contributed by atoms with Gasteiger partial charge in [-0.1, -0.05) is 6.92 Å². The zero-order valence-corrected chi connectivity index (χ0v) is 15.2. The molecule has 0 spiro atoms. The first-order chi connectivity index (χ1) is 6.57. The molecule has 1 heterocycles. The van der Waals surface area contributed by atoms with E-state index in [1.807, 2.05) is 0 Å². The van der Waals surface area contributed by atoms with E-state index in [0.29, 0.717) is 18.7 Å². The molecule has 86 valence electrons. The summed E-state index contributed by atoms with van der Waals surface area (Å²) >= 11 is 4.03. The van der Waals surface area contributed by atoms with Gasteiger partial charge in [-0.05, 0) is 12.8 Å². The number of likely N-dealkylation sites (tertiary alicyclic amines) is 1. The van der Waals surface area contributed by atoms with Crippen LogP contribution in [0.1, 0.15) is 19.8 Å². The van der Waals surface area contributed by atoms with Crippen molar-refractivity contribution >= 4 is 51.8 Å². The molecule has 15 heavy (non-hydrogen) atoms. The molecule has 0 aromatic rings. The van der Waals surface area contributed by atoms with Gasteiger partial charge in [0.05, 0.1) is 0 Å². The zero-order valence-electron chi connectivity index (χ0n) is 8.85. The van der Waals surface area contributed by atoms with E-state index in [0.717, 1.165) is 6.42 Å². The summed E-state index contributed by atoms with van der Waals surface area (Å²) in [6.45, 7) is 2.33. The van der Waals surface area contributed by atoms with Crippen LogP contribution >= 0.6 is 12.6 Å². The molecule has 1 rings (SSSR count). The van der Waals surface area contributed by atoms with E-state index in [9.17, 15) is 9.59 Å². The average molecular weight is 427 g/mol. The first-order valence-corrected chi connectivity index (χ1v) is 5.35. The van der Waals surface area contributed by atoms with Crippen molar-refractivity contribution in [3.05, 3.63) is 0 Å². The third-order valence-electron chi connectivity index (χ3n) is 2.52. The van der Waals surface area contributed by atoms with Gasteiger partial charge in [0.2, 0.25) is 5.91 Å². The second-order valence-electron chi connectivity index (χ2n) is 3.61. The summed E-state index contributed by atoms with van der Waals surface area (Å²) in [6, 6.07) is -0.621. The van der Waals surface area contributed by atoms with Crippen molar-refractivity contribution in [2.75, 3.05) is 12.3 Å². The summed E-state index contributed by atoms with van der Waals surface area (Å²) in [7, 11) is 0. The molecule has 0 bridgehead atoms. The number of carboxylic acid groups (broad SMARTS) is 1. The van der Waals surface area contributed by atoms with Crippen LogP contribution in [-0.2, 0) is 9.59 Å².